The molecule has 0 fully saturated rings. The SMILES string of the molecule is C=CCn1c(SC(C)C(=O)c2ccc3c(c2)CCN3C(C)=O)nnc1-c1ccccc1. The molecule has 1 aromatic heterocycles. The third-order valence-corrected chi connectivity index (χ3v) is 6.43. The molecule has 1 amide bonds. The fourth-order valence-corrected chi connectivity index (χ4v) is 4.73. The van der Waals surface area contributed by atoms with Crippen molar-refractivity contribution in [1.82, 2.24) is 14.8 Å². The molecule has 158 valence electrons. The van der Waals surface area contributed by atoms with Crippen molar-refractivity contribution in [3.63, 3.8) is 0 Å². The Morgan fingerprint density at radius 2 is 1.97 bits per heavy atom. The Balaban J connectivity index is 1.55. The number of fused-ring (bicyclic) bond motifs is 1. The molecule has 0 N–H and O–H groups in total. The molecule has 4 rings (SSSR count). The maximum Gasteiger partial charge on any atom is 0.223 e. The van der Waals surface area contributed by atoms with E-state index in [0.29, 0.717) is 23.8 Å². The van der Waals surface area contributed by atoms with Gasteiger partial charge in [-0.15, -0.1) is 16.8 Å². The zero-order chi connectivity index (χ0) is 22.0. The van der Waals surface area contributed by atoms with Crippen molar-refractivity contribution in [1.29, 1.82) is 0 Å². The molecule has 3 aromatic rings. The summed E-state index contributed by atoms with van der Waals surface area (Å²) in [5, 5.41) is 9.05. The summed E-state index contributed by atoms with van der Waals surface area (Å²) in [6, 6.07) is 15.5. The van der Waals surface area contributed by atoms with Crippen molar-refractivity contribution in [3.8, 4) is 11.4 Å². The molecule has 1 atom stereocenters. The Labute approximate surface area is 186 Å². The number of ketones is 1. The minimum atomic E-state index is -0.334. The van der Waals surface area contributed by atoms with Gasteiger partial charge in [-0.05, 0) is 37.1 Å². The maximum atomic E-state index is 13.1. The lowest BCUT2D eigenvalue weighted by Gasteiger charge is -2.15. The van der Waals surface area contributed by atoms with E-state index in [-0.39, 0.29) is 16.9 Å². The van der Waals surface area contributed by atoms with Gasteiger partial charge in [0.1, 0.15) is 0 Å². The first-order chi connectivity index (χ1) is 15.0. The Morgan fingerprint density at radius 1 is 1.19 bits per heavy atom. The summed E-state index contributed by atoms with van der Waals surface area (Å²) >= 11 is 1.39. The van der Waals surface area contributed by atoms with Crippen molar-refractivity contribution in [2.45, 2.75) is 37.2 Å². The van der Waals surface area contributed by atoms with Crippen LogP contribution in [-0.4, -0.2) is 38.2 Å². The van der Waals surface area contributed by atoms with E-state index in [4.69, 9.17) is 0 Å². The summed E-state index contributed by atoms with van der Waals surface area (Å²) in [4.78, 5) is 26.6. The summed E-state index contributed by atoms with van der Waals surface area (Å²) in [7, 11) is 0. The van der Waals surface area contributed by atoms with Gasteiger partial charge < -0.3 is 4.90 Å². The molecule has 0 aliphatic carbocycles. The van der Waals surface area contributed by atoms with Crippen LogP contribution in [0.25, 0.3) is 11.4 Å². The van der Waals surface area contributed by atoms with Crippen LogP contribution < -0.4 is 4.90 Å². The third kappa shape index (κ3) is 4.18. The van der Waals surface area contributed by atoms with E-state index in [0.717, 1.165) is 29.1 Å². The van der Waals surface area contributed by atoms with Crippen LogP contribution in [0.1, 0.15) is 29.8 Å². The van der Waals surface area contributed by atoms with Crippen molar-refractivity contribution < 1.29 is 9.59 Å². The summed E-state index contributed by atoms with van der Waals surface area (Å²) in [5.74, 6) is 0.811. The van der Waals surface area contributed by atoms with Crippen molar-refractivity contribution in [2.75, 3.05) is 11.4 Å². The fraction of sp³-hybridized carbons (Fsp3) is 0.250. The van der Waals surface area contributed by atoms with Gasteiger partial charge in [-0.25, -0.2) is 0 Å². The molecular formula is C24H24N4O2S. The number of benzene rings is 2. The second-order valence-corrected chi connectivity index (χ2v) is 8.77. The first-order valence-electron chi connectivity index (χ1n) is 10.2. The summed E-state index contributed by atoms with van der Waals surface area (Å²) in [6.45, 7) is 8.52. The number of anilines is 1. The topological polar surface area (TPSA) is 68.1 Å². The number of thioether (sulfide) groups is 1. The van der Waals surface area contributed by atoms with E-state index in [9.17, 15) is 9.59 Å². The van der Waals surface area contributed by atoms with Gasteiger partial charge in [-0.3, -0.25) is 14.2 Å². The monoisotopic (exact) mass is 432 g/mol. The molecule has 1 unspecified atom stereocenters. The van der Waals surface area contributed by atoms with E-state index < -0.39 is 0 Å². The number of Topliss-reactive ketones (excluding diaryl/α,β-unsaturated/α-hetero) is 1. The average Bonchev–Trinajstić information content (AvgIpc) is 3.38. The predicted molar refractivity (Wildman–Crippen MR) is 123 cm³/mol. The van der Waals surface area contributed by atoms with Crippen LogP contribution in [0.15, 0.2) is 66.3 Å². The van der Waals surface area contributed by atoms with Gasteiger partial charge in [0.25, 0.3) is 0 Å². The molecule has 2 heterocycles. The number of carbonyl (C=O) groups is 2. The number of carbonyl (C=O) groups excluding carboxylic acids is 2. The highest BCUT2D eigenvalue weighted by Crippen LogP contribution is 2.32. The molecular weight excluding hydrogens is 408 g/mol. The number of amides is 1. The van der Waals surface area contributed by atoms with Crippen LogP contribution in [0.3, 0.4) is 0 Å². The number of aromatic nitrogens is 3. The zero-order valence-corrected chi connectivity index (χ0v) is 18.4. The van der Waals surface area contributed by atoms with Gasteiger partial charge in [0.05, 0.1) is 5.25 Å². The predicted octanol–water partition coefficient (Wildman–Crippen LogP) is 4.40. The average molecular weight is 433 g/mol. The number of hydrogen-bond donors (Lipinski definition) is 0. The van der Waals surface area contributed by atoms with Gasteiger partial charge in [0, 0.05) is 36.8 Å². The summed E-state index contributed by atoms with van der Waals surface area (Å²) in [6.07, 6.45) is 2.57. The van der Waals surface area contributed by atoms with E-state index in [2.05, 4.69) is 16.8 Å². The summed E-state index contributed by atoms with van der Waals surface area (Å²) < 4.78 is 1.98. The molecule has 0 saturated carbocycles. The molecule has 31 heavy (non-hydrogen) atoms. The zero-order valence-electron chi connectivity index (χ0n) is 17.6. The molecule has 0 spiro atoms. The van der Waals surface area contributed by atoms with Crippen LogP contribution >= 0.6 is 11.8 Å². The van der Waals surface area contributed by atoms with Gasteiger partial charge >= 0.3 is 0 Å². The second kappa shape index (κ2) is 8.89. The molecule has 6 nitrogen and oxygen atoms in total. The third-order valence-electron chi connectivity index (χ3n) is 5.35. The molecule has 0 bridgehead atoms. The van der Waals surface area contributed by atoms with Crippen LogP contribution in [0, 0.1) is 0 Å². The van der Waals surface area contributed by atoms with E-state index in [1.165, 1.54) is 11.8 Å². The van der Waals surface area contributed by atoms with E-state index in [1.807, 2.05) is 60.0 Å². The highest BCUT2D eigenvalue weighted by Gasteiger charge is 2.26. The Kier molecular flexibility index (Phi) is 6.04. The molecule has 2 aromatic carbocycles. The highest BCUT2D eigenvalue weighted by atomic mass is 32.2. The Morgan fingerprint density at radius 3 is 2.68 bits per heavy atom. The Bertz CT molecular complexity index is 1140. The van der Waals surface area contributed by atoms with Gasteiger partial charge in [-0.1, -0.05) is 48.2 Å². The molecule has 1 aliphatic rings. The Hall–Kier alpha value is -3.19. The van der Waals surface area contributed by atoms with Crippen LogP contribution in [0.4, 0.5) is 5.69 Å². The minimum absolute atomic E-state index is 0.0255. The van der Waals surface area contributed by atoms with Crippen LogP contribution in [0.5, 0.6) is 0 Å². The highest BCUT2D eigenvalue weighted by molar-refractivity contribution is 8.00. The van der Waals surface area contributed by atoms with Crippen LogP contribution in [0.2, 0.25) is 0 Å². The van der Waals surface area contributed by atoms with Crippen molar-refractivity contribution in [2.24, 2.45) is 0 Å². The molecule has 1 aliphatic heterocycles. The lowest BCUT2D eigenvalue weighted by molar-refractivity contribution is -0.116. The summed E-state index contributed by atoms with van der Waals surface area (Å²) in [5.41, 5.74) is 3.57. The van der Waals surface area contributed by atoms with Crippen molar-refractivity contribution in [3.05, 3.63) is 72.3 Å². The standard InChI is InChI=1S/C24H24N4O2S/c1-4-13-28-23(18-8-6-5-7-9-18)25-26-24(28)31-16(2)22(30)20-10-11-21-19(15-20)12-14-27(21)17(3)29/h4-11,15-16H,1,12-14H2,2-3H3. The molecule has 0 radical (unpaired) electrons. The second-order valence-electron chi connectivity index (χ2n) is 7.46. The van der Waals surface area contributed by atoms with Crippen LogP contribution in [-0.2, 0) is 17.8 Å². The largest absolute Gasteiger partial charge is 0.312 e. The molecule has 7 heteroatoms. The first kappa shape index (κ1) is 21.1. The minimum Gasteiger partial charge on any atom is -0.312 e. The number of nitrogens with zero attached hydrogens (tertiary/aromatic N) is 4. The maximum absolute atomic E-state index is 13.1. The van der Waals surface area contributed by atoms with E-state index >= 15 is 0 Å². The number of rotatable bonds is 7. The van der Waals surface area contributed by atoms with Crippen molar-refractivity contribution >= 4 is 29.1 Å². The fourth-order valence-electron chi connectivity index (χ4n) is 3.80. The van der Waals surface area contributed by atoms with Gasteiger partial charge in [0.2, 0.25) is 5.91 Å². The van der Waals surface area contributed by atoms with E-state index in [1.54, 1.807) is 17.9 Å². The first-order valence-corrected chi connectivity index (χ1v) is 11.1. The number of allylic oxidation sites excluding steroid dienone is 1. The van der Waals surface area contributed by atoms with Gasteiger partial charge in [-0.2, -0.15) is 0 Å². The smallest absolute Gasteiger partial charge is 0.223 e. The lowest BCUT2D eigenvalue weighted by Crippen LogP contribution is -2.25. The van der Waals surface area contributed by atoms with Gasteiger partial charge in [0.15, 0.2) is 16.8 Å². The molecule has 0 saturated heterocycles. The number of hydrogen-bond acceptors (Lipinski definition) is 5. The lowest BCUT2D eigenvalue weighted by atomic mass is 10.0. The normalized spacial score (nSPS) is 13.7. The quantitative estimate of drug-likeness (QED) is 0.314.